The molecule has 0 saturated heterocycles. The van der Waals surface area contributed by atoms with Crippen molar-refractivity contribution in [2.75, 3.05) is 0 Å². The molecule has 0 radical (unpaired) electrons. The zero-order valence-electron chi connectivity index (χ0n) is 10.9. The molecule has 4 heteroatoms. The Morgan fingerprint density at radius 2 is 2.00 bits per heavy atom. The summed E-state index contributed by atoms with van der Waals surface area (Å²) in [4.78, 5) is 12.0. The summed E-state index contributed by atoms with van der Waals surface area (Å²) in [5.41, 5.74) is 3.38. The number of fused-ring (bicyclic) bond motifs is 1. The molecular formula is C15H15N3O. The lowest BCUT2D eigenvalue weighted by Crippen LogP contribution is -1.94. The van der Waals surface area contributed by atoms with Crippen LogP contribution in [0.5, 0.6) is 5.75 Å². The Kier molecular flexibility index (Phi) is 2.71. The van der Waals surface area contributed by atoms with Gasteiger partial charge in [-0.15, -0.1) is 0 Å². The molecule has 0 atom stereocenters. The van der Waals surface area contributed by atoms with Crippen molar-refractivity contribution in [2.45, 2.75) is 19.8 Å². The van der Waals surface area contributed by atoms with E-state index in [1.54, 1.807) is 12.3 Å². The van der Waals surface area contributed by atoms with E-state index in [2.05, 4.69) is 15.0 Å². The molecule has 0 spiro atoms. The number of hydrogen-bond acceptors (Lipinski definition) is 3. The number of benzene rings is 1. The Bertz CT molecular complexity index is 698. The van der Waals surface area contributed by atoms with Crippen LogP contribution in [0.3, 0.4) is 0 Å². The van der Waals surface area contributed by atoms with Crippen LogP contribution in [0.1, 0.15) is 25.5 Å². The van der Waals surface area contributed by atoms with Gasteiger partial charge in [0.25, 0.3) is 0 Å². The third kappa shape index (κ3) is 2.05. The van der Waals surface area contributed by atoms with Gasteiger partial charge in [0, 0.05) is 11.8 Å². The molecule has 0 unspecified atom stereocenters. The fourth-order valence-electron chi connectivity index (χ4n) is 2.13. The van der Waals surface area contributed by atoms with E-state index in [0.29, 0.717) is 5.69 Å². The number of pyridine rings is 1. The van der Waals surface area contributed by atoms with Crippen LogP contribution < -0.4 is 0 Å². The van der Waals surface area contributed by atoms with E-state index < -0.39 is 0 Å². The first-order valence-electron chi connectivity index (χ1n) is 6.29. The molecule has 3 aromatic rings. The van der Waals surface area contributed by atoms with Crippen molar-refractivity contribution in [3.05, 3.63) is 42.2 Å². The van der Waals surface area contributed by atoms with Crippen LogP contribution in [0.2, 0.25) is 0 Å². The fourth-order valence-corrected chi connectivity index (χ4v) is 2.13. The fraction of sp³-hybridized carbons (Fsp3) is 0.200. The second-order valence-electron chi connectivity index (χ2n) is 4.89. The van der Waals surface area contributed by atoms with Crippen molar-refractivity contribution in [2.24, 2.45) is 0 Å². The Morgan fingerprint density at radius 1 is 1.21 bits per heavy atom. The Morgan fingerprint density at radius 3 is 2.68 bits per heavy atom. The van der Waals surface area contributed by atoms with Crippen LogP contribution in [0.4, 0.5) is 0 Å². The van der Waals surface area contributed by atoms with E-state index in [0.717, 1.165) is 22.4 Å². The first-order chi connectivity index (χ1) is 9.15. The molecule has 0 aliphatic rings. The highest BCUT2D eigenvalue weighted by Crippen LogP contribution is 2.28. The second kappa shape index (κ2) is 4.39. The van der Waals surface area contributed by atoms with E-state index in [9.17, 15) is 5.11 Å². The standard InChI is InChI=1S/C15H15N3O/c1-9(2)14-13(19)7-10(8-16-14)15-17-11-5-3-4-6-12(11)18-15/h3-9,19H,1-2H3,(H,17,18). The topological polar surface area (TPSA) is 61.8 Å². The number of imidazole rings is 1. The quantitative estimate of drug-likeness (QED) is 0.735. The number of aromatic nitrogens is 3. The lowest BCUT2D eigenvalue weighted by molar-refractivity contribution is 0.460. The Hall–Kier alpha value is -2.36. The predicted octanol–water partition coefficient (Wildman–Crippen LogP) is 3.45. The van der Waals surface area contributed by atoms with E-state index in [1.807, 2.05) is 38.1 Å². The highest BCUT2D eigenvalue weighted by atomic mass is 16.3. The van der Waals surface area contributed by atoms with Crippen LogP contribution in [0.15, 0.2) is 36.5 Å². The number of para-hydroxylation sites is 2. The van der Waals surface area contributed by atoms with Gasteiger partial charge in [0.1, 0.15) is 11.6 Å². The van der Waals surface area contributed by atoms with Gasteiger partial charge < -0.3 is 10.1 Å². The molecule has 0 aliphatic heterocycles. The van der Waals surface area contributed by atoms with Crippen molar-refractivity contribution < 1.29 is 5.11 Å². The van der Waals surface area contributed by atoms with Gasteiger partial charge in [0.05, 0.1) is 16.7 Å². The third-order valence-electron chi connectivity index (χ3n) is 3.11. The first kappa shape index (κ1) is 11.7. The monoisotopic (exact) mass is 253 g/mol. The van der Waals surface area contributed by atoms with Gasteiger partial charge in [-0.3, -0.25) is 4.98 Å². The highest BCUT2D eigenvalue weighted by molar-refractivity contribution is 5.79. The van der Waals surface area contributed by atoms with E-state index in [-0.39, 0.29) is 11.7 Å². The number of rotatable bonds is 2. The molecule has 3 rings (SSSR count). The molecule has 0 amide bonds. The highest BCUT2D eigenvalue weighted by Gasteiger charge is 2.11. The summed E-state index contributed by atoms with van der Waals surface area (Å²) in [6, 6.07) is 9.54. The number of nitrogens with one attached hydrogen (secondary N) is 1. The molecule has 2 heterocycles. The lowest BCUT2D eigenvalue weighted by atomic mass is 10.1. The molecule has 0 bridgehead atoms. The first-order valence-corrected chi connectivity index (χ1v) is 6.29. The van der Waals surface area contributed by atoms with Crippen molar-refractivity contribution in [1.29, 1.82) is 0 Å². The number of hydrogen-bond donors (Lipinski definition) is 2. The molecule has 1 aromatic carbocycles. The molecule has 0 aliphatic carbocycles. The molecule has 4 nitrogen and oxygen atoms in total. The number of aromatic amines is 1. The zero-order valence-corrected chi connectivity index (χ0v) is 10.9. The maximum atomic E-state index is 9.99. The summed E-state index contributed by atoms with van der Waals surface area (Å²) in [6.07, 6.45) is 1.74. The van der Waals surface area contributed by atoms with Gasteiger partial charge in [0.2, 0.25) is 0 Å². The summed E-state index contributed by atoms with van der Waals surface area (Å²) >= 11 is 0. The van der Waals surface area contributed by atoms with E-state index in [4.69, 9.17) is 0 Å². The van der Waals surface area contributed by atoms with Crippen LogP contribution in [-0.4, -0.2) is 20.1 Å². The van der Waals surface area contributed by atoms with Crippen LogP contribution in [-0.2, 0) is 0 Å². The molecule has 96 valence electrons. The SMILES string of the molecule is CC(C)c1ncc(-c2nc3ccccc3[nH]2)cc1O. The molecule has 19 heavy (non-hydrogen) atoms. The average Bonchev–Trinajstić information content (AvgIpc) is 2.81. The number of nitrogens with zero attached hydrogens (tertiary/aromatic N) is 2. The summed E-state index contributed by atoms with van der Waals surface area (Å²) in [6.45, 7) is 4.01. The van der Waals surface area contributed by atoms with Crippen molar-refractivity contribution in [1.82, 2.24) is 15.0 Å². The van der Waals surface area contributed by atoms with Gasteiger partial charge in [-0.1, -0.05) is 26.0 Å². The lowest BCUT2D eigenvalue weighted by Gasteiger charge is -2.07. The maximum Gasteiger partial charge on any atom is 0.140 e. The van der Waals surface area contributed by atoms with Crippen molar-refractivity contribution >= 4 is 11.0 Å². The maximum absolute atomic E-state index is 9.99. The molecular weight excluding hydrogens is 238 g/mol. The molecule has 0 saturated carbocycles. The normalized spacial score (nSPS) is 11.3. The molecule has 0 fully saturated rings. The minimum atomic E-state index is 0.199. The van der Waals surface area contributed by atoms with Crippen molar-refractivity contribution in [3.8, 4) is 17.1 Å². The smallest absolute Gasteiger partial charge is 0.140 e. The summed E-state index contributed by atoms with van der Waals surface area (Å²) in [5.74, 6) is 1.14. The minimum absolute atomic E-state index is 0.199. The Labute approximate surface area is 111 Å². The predicted molar refractivity (Wildman–Crippen MR) is 75.1 cm³/mol. The zero-order chi connectivity index (χ0) is 13.4. The summed E-state index contributed by atoms with van der Waals surface area (Å²) in [5, 5.41) is 9.99. The Balaban J connectivity index is 2.09. The van der Waals surface area contributed by atoms with Gasteiger partial charge in [-0.2, -0.15) is 0 Å². The number of aromatic hydroxyl groups is 1. The average molecular weight is 253 g/mol. The largest absolute Gasteiger partial charge is 0.506 e. The van der Waals surface area contributed by atoms with Crippen molar-refractivity contribution in [3.63, 3.8) is 0 Å². The summed E-state index contributed by atoms with van der Waals surface area (Å²) < 4.78 is 0. The van der Waals surface area contributed by atoms with Gasteiger partial charge in [-0.05, 0) is 24.1 Å². The van der Waals surface area contributed by atoms with Crippen LogP contribution in [0.25, 0.3) is 22.4 Å². The van der Waals surface area contributed by atoms with Gasteiger partial charge in [0.15, 0.2) is 0 Å². The van der Waals surface area contributed by atoms with E-state index in [1.165, 1.54) is 0 Å². The van der Waals surface area contributed by atoms with Crippen LogP contribution >= 0.6 is 0 Å². The third-order valence-corrected chi connectivity index (χ3v) is 3.11. The van der Waals surface area contributed by atoms with Crippen LogP contribution in [0, 0.1) is 0 Å². The van der Waals surface area contributed by atoms with Gasteiger partial charge >= 0.3 is 0 Å². The van der Waals surface area contributed by atoms with Gasteiger partial charge in [-0.25, -0.2) is 4.98 Å². The van der Waals surface area contributed by atoms with E-state index >= 15 is 0 Å². The summed E-state index contributed by atoms with van der Waals surface area (Å²) in [7, 11) is 0. The molecule has 2 aromatic heterocycles. The minimum Gasteiger partial charge on any atom is -0.506 e. The molecule has 2 N–H and O–H groups in total. The number of H-pyrrole nitrogens is 1. The second-order valence-corrected chi connectivity index (χ2v) is 4.89.